The number of aromatic nitrogens is 2. The van der Waals surface area contributed by atoms with Gasteiger partial charge in [0.2, 0.25) is 0 Å². The fourth-order valence-corrected chi connectivity index (χ4v) is 1.17. The van der Waals surface area contributed by atoms with Gasteiger partial charge in [0.15, 0.2) is 0 Å². The molecule has 1 aromatic rings. The van der Waals surface area contributed by atoms with Crippen molar-refractivity contribution in [2.45, 2.75) is 19.3 Å². The molecule has 2 rings (SSSR count). The van der Waals surface area contributed by atoms with Gasteiger partial charge in [0.05, 0.1) is 6.20 Å². The third-order valence-electron chi connectivity index (χ3n) is 2.04. The Labute approximate surface area is 65.6 Å². The fourth-order valence-electron chi connectivity index (χ4n) is 1.17. The van der Waals surface area contributed by atoms with Crippen molar-refractivity contribution in [3.05, 3.63) is 17.8 Å². The van der Waals surface area contributed by atoms with Crippen molar-refractivity contribution in [1.29, 1.82) is 0 Å². The highest BCUT2D eigenvalue weighted by Crippen LogP contribution is 2.33. The Morgan fingerprint density at radius 1 is 1.55 bits per heavy atom. The molecule has 0 unspecified atom stereocenters. The minimum Gasteiger partial charge on any atom is -0.382 e. The minimum atomic E-state index is 0.597. The van der Waals surface area contributed by atoms with E-state index in [1.807, 2.05) is 6.07 Å². The van der Waals surface area contributed by atoms with Crippen molar-refractivity contribution in [3.63, 3.8) is 0 Å². The lowest BCUT2D eigenvalue weighted by molar-refractivity contribution is 0.822. The van der Waals surface area contributed by atoms with Crippen molar-refractivity contribution in [3.8, 4) is 0 Å². The van der Waals surface area contributed by atoms with Crippen LogP contribution in [0.4, 0.5) is 5.82 Å². The van der Waals surface area contributed by atoms with E-state index in [0.717, 1.165) is 17.9 Å². The lowest BCUT2D eigenvalue weighted by Crippen LogP contribution is -1.99. The molecule has 1 aromatic heterocycles. The van der Waals surface area contributed by atoms with Crippen LogP contribution in [0.15, 0.2) is 12.3 Å². The highest BCUT2D eigenvalue weighted by molar-refractivity contribution is 5.37. The van der Waals surface area contributed by atoms with Gasteiger partial charge in [-0.05, 0) is 36.8 Å². The monoisotopic (exact) mass is 149 g/mol. The predicted molar refractivity (Wildman–Crippen MR) is 42.9 cm³/mol. The first-order valence-electron chi connectivity index (χ1n) is 3.92. The van der Waals surface area contributed by atoms with Gasteiger partial charge >= 0.3 is 0 Å². The van der Waals surface area contributed by atoms with Crippen molar-refractivity contribution in [1.82, 2.24) is 10.2 Å². The van der Waals surface area contributed by atoms with E-state index in [1.165, 1.54) is 12.8 Å². The molecule has 58 valence electrons. The molecule has 3 nitrogen and oxygen atoms in total. The van der Waals surface area contributed by atoms with Crippen LogP contribution in [0, 0.1) is 5.92 Å². The molecule has 2 N–H and O–H groups in total. The van der Waals surface area contributed by atoms with Crippen molar-refractivity contribution >= 4 is 5.82 Å². The summed E-state index contributed by atoms with van der Waals surface area (Å²) in [4.78, 5) is 0. The highest BCUT2D eigenvalue weighted by Gasteiger charge is 2.22. The maximum Gasteiger partial charge on any atom is 0.149 e. The molecule has 0 radical (unpaired) electrons. The van der Waals surface area contributed by atoms with Gasteiger partial charge in [0.25, 0.3) is 0 Å². The van der Waals surface area contributed by atoms with Crippen LogP contribution >= 0.6 is 0 Å². The van der Waals surface area contributed by atoms with Crippen LogP contribution in [-0.2, 0) is 6.42 Å². The summed E-state index contributed by atoms with van der Waals surface area (Å²) in [5.74, 6) is 1.46. The Bertz CT molecular complexity index is 255. The number of hydrogen-bond acceptors (Lipinski definition) is 3. The van der Waals surface area contributed by atoms with E-state index < -0.39 is 0 Å². The molecule has 0 bridgehead atoms. The molecule has 1 fully saturated rings. The molecule has 11 heavy (non-hydrogen) atoms. The van der Waals surface area contributed by atoms with Crippen LogP contribution in [0.2, 0.25) is 0 Å². The van der Waals surface area contributed by atoms with Crippen molar-refractivity contribution in [2.24, 2.45) is 5.92 Å². The standard InChI is InChI=1S/C8H11N3/c9-8-7(3-4-10-11-8)5-6-1-2-6/h3-4,6H,1-2,5H2,(H2,9,11). The van der Waals surface area contributed by atoms with E-state index in [9.17, 15) is 0 Å². The number of nitrogens with two attached hydrogens (primary N) is 1. The Morgan fingerprint density at radius 2 is 2.36 bits per heavy atom. The Balaban J connectivity index is 2.15. The average molecular weight is 149 g/mol. The second kappa shape index (κ2) is 2.49. The first kappa shape index (κ1) is 6.58. The predicted octanol–water partition coefficient (Wildman–Crippen LogP) is 1.01. The summed E-state index contributed by atoms with van der Waals surface area (Å²) in [6, 6.07) is 1.96. The molecule has 1 heterocycles. The average Bonchev–Trinajstić information content (AvgIpc) is 2.78. The zero-order valence-electron chi connectivity index (χ0n) is 6.33. The zero-order chi connectivity index (χ0) is 7.68. The second-order valence-electron chi connectivity index (χ2n) is 3.09. The van der Waals surface area contributed by atoms with Crippen LogP contribution in [0.25, 0.3) is 0 Å². The van der Waals surface area contributed by atoms with E-state index in [0.29, 0.717) is 5.82 Å². The normalized spacial score (nSPS) is 16.7. The SMILES string of the molecule is Nc1nnccc1CC1CC1. The number of nitrogen functional groups attached to an aromatic ring is 1. The van der Waals surface area contributed by atoms with Crippen molar-refractivity contribution in [2.75, 3.05) is 5.73 Å². The molecule has 1 saturated carbocycles. The maximum absolute atomic E-state index is 5.62. The second-order valence-corrected chi connectivity index (χ2v) is 3.09. The van der Waals surface area contributed by atoms with Crippen LogP contribution in [0.1, 0.15) is 18.4 Å². The van der Waals surface area contributed by atoms with Gasteiger partial charge in [-0.1, -0.05) is 0 Å². The highest BCUT2D eigenvalue weighted by atomic mass is 15.1. The van der Waals surface area contributed by atoms with E-state index in [1.54, 1.807) is 6.20 Å². The Hall–Kier alpha value is -1.12. The largest absolute Gasteiger partial charge is 0.382 e. The molecule has 1 aliphatic carbocycles. The van der Waals surface area contributed by atoms with Gasteiger partial charge in [-0.25, -0.2) is 0 Å². The first-order valence-corrected chi connectivity index (χ1v) is 3.92. The van der Waals surface area contributed by atoms with Crippen LogP contribution in [0.3, 0.4) is 0 Å². The minimum absolute atomic E-state index is 0.597. The number of nitrogens with zero attached hydrogens (tertiary/aromatic N) is 2. The third kappa shape index (κ3) is 1.48. The number of hydrogen-bond donors (Lipinski definition) is 1. The summed E-state index contributed by atoms with van der Waals surface area (Å²) in [6.07, 6.45) is 5.49. The lowest BCUT2D eigenvalue weighted by atomic mass is 10.1. The van der Waals surface area contributed by atoms with Crippen LogP contribution in [0.5, 0.6) is 0 Å². The first-order chi connectivity index (χ1) is 5.36. The lowest BCUT2D eigenvalue weighted by Gasteiger charge is -1.99. The third-order valence-corrected chi connectivity index (χ3v) is 2.04. The quantitative estimate of drug-likeness (QED) is 0.682. The van der Waals surface area contributed by atoms with Gasteiger partial charge in [-0.2, -0.15) is 5.10 Å². The van der Waals surface area contributed by atoms with Gasteiger partial charge in [-0.15, -0.1) is 5.10 Å². The van der Waals surface area contributed by atoms with E-state index in [-0.39, 0.29) is 0 Å². The van der Waals surface area contributed by atoms with Gasteiger partial charge in [0.1, 0.15) is 5.82 Å². The molecule has 0 spiro atoms. The topological polar surface area (TPSA) is 51.8 Å². The molecule has 0 atom stereocenters. The van der Waals surface area contributed by atoms with Gasteiger partial charge in [0, 0.05) is 0 Å². The molecule has 3 heteroatoms. The molecule has 0 aliphatic heterocycles. The molecular weight excluding hydrogens is 138 g/mol. The van der Waals surface area contributed by atoms with E-state index >= 15 is 0 Å². The molecule has 0 amide bonds. The summed E-state index contributed by atoms with van der Waals surface area (Å²) in [7, 11) is 0. The Kier molecular flexibility index (Phi) is 1.49. The van der Waals surface area contributed by atoms with Crippen molar-refractivity contribution < 1.29 is 0 Å². The number of rotatable bonds is 2. The zero-order valence-corrected chi connectivity index (χ0v) is 6.33. The molecule has 1 aliphatic rings. The van der Waals surface area contributed by atoms with Gasteiger partial charge in [-0.3, -0.25) is 0 Å². The summed E-state index contributed by atoms with van der Waals surface area (Å²) >= 11 is 0. The van der Waals surface area contributed by atoms with Gasteiger partial charge < -0.3 is 5.73 Å². The summed E-state index contributed by atoms with van der Waals surface area (Å²) in [6.45, 7) is 0. The van der Waals surface area contributed by atoms with Crippen LogP contribution in [-0.4, -0.2) is 10.2 Å². The summed E-state index contributed by atoms with van der Waals surface area (Å²) in [5.41, 5.74) is 6.78. The number of anilines is 1. The maximum atomic E-state index is 5.62. The molecule has 0 aromatic carbocycles. The Morgan fingerprint density at radius 3 is 3.00 bits per heavy atom. The van der Waals surface area contributed by atoms with Crippen LogP contribution < -0.4 is 5.73 Å². The summed E-state index contributed by atoms with van der Waals surface area (Å²) in [5, 5.41) is 7.49. The summed E-state index contributed by atoms with van der Waals surface area (Å²) < 4.78 is 0. The molecule has 0 saturated heterocycles. The smallest absolute Gasteiger partial charge is 0.149 e. The molecular formula is C8H11N3. The van der Waals surface area contributed by atoms with E-state index in [2.05, 4.69) is 10.2 Å². The fraction of sp³-hybridized carbons (Fsp3) is 0.500. The van der Waals surface area contributed by atoms with E-state index in [4.69, 9.17) is 5.73 Å².